The Labute approximate surface area is 192 Å². The summed E-state index contributed by atoms with van der Waals surface area (Å²) in [5.74, 6) is 0.488. The molecule has 0 saturated carbocycles. The number of benzene rings is 3. The van der Waals surface area contributed by atoms with Crippen molar-refractivity contribution in [2.75, 3.05) is 0 Å². The van der Waals surface area contributed by atoms with Crippen LogP contribution in [-0.4, -0.2) is 21.1 Å². The van der Waals surface area contributed by atoms with Crippen LogP contribution in [0, 0.1) is 10.6 Å². The van der Waals surface area contributed by atoms with E-state index in [0.29, 0.717) is 21.7 Å². The molecular weight excluding hydrogens is 458 g/mol. The van der Waals surface area contributed by atoms with Crippen LogP contribution in [0.4, 0.5) is 4.39 Å². The van der Waals surface area contributed by atoms with Gasteiger partial charge in [0.15, 0.2) is 11.6 Å². The van der Waals surface area contributed by atoms with Crippen molar-refractivity contribution < 1.29 is 9.13 Å². The molecule has 0 saturated heterocycles. The van der Waals surface area contributed by atoms with Crippen LogP contribution in [0.25, 0.3) is 11.4 Å². The van der Waals surface area contributed by atoms with Crippen LogP contribution in [0.1, 0.15) is 11.1 Å². The van der Waals surface area contributed by atoms with Crippen molar-refractivity contribution in [2.24, 2.45) is 5.10 Å². The second kappa shape index (κ2) is 9.43. The van der Waals surface area contributed by atoms with Gasteiger partial charge in [0.1, 0.15) is 12.4 Å². The van der Waals surface area contributed by atoms with Crippen molar-refractivity contribution in [1.82, 2.24) is 14.9 Å². The molecular formula is C22H15Cl2FN4OS. The van der Waals surface area contributed by atoms with E-state index in [4.69, 9.17) is 40.2 Å². The lowest BCUT2D eigenvalue weighted by Gasteiger charge is -2.11. The van der Waals surface area contributed by atoms with Crippen molar-refractivity contribution in [2.45, 2.75) is 6.61 Å². The number of rotatable bonds is 6. The van der Waals surface area contributed by atoms with Gasteiger partial charge >= 0.3 is 0 Å². The molecule has 0 aliphatic heterocycles. The molecule has 1 N–H and O–H groups in total. The van der Waals surface area contributed by atoms with Crippen LogP contribution in [0.15, 0.2) is 71.8 Å². The molecule has 5 nitrogen and oxygen atoms in total. The van der Waals surface area contributed by atoms with Crippen molar-refractivity contribution in [3.05, 3.63) is 98.5 Å². The number of hydrogen-bond acceptors (Lipinski definition) is 4. The first-order valence-electron chi connectivity index (χ1n) is 9.15. The minimum atomic E-state index is -0.357. The molecule has 1 heterocycles. The molecule has 0 aliphatic carbocycles. The molecule has 0 unspecified atom stereocenters. The summed E-state index contributed by atoms with van der Waals surface area (Å²) in [5, 5.41) is 12.0. The molecule has 1 aromatic heterocycles. The summed E-state index contributed by atoms with van der Waals surface area (Å²) in [6.45, 7) is 0.00413. The number of aromatic amines is 1. The fourth-order valence-electron chi connectivity index (χ4n) is 2.85. The Bertz CT molecular complexity index is 1280. The molecule has 3 aromatic carbocycles. The van der Waals surface area contributed by atoms with Crippen LogP contribution >= 0.6 is 35.4 Å². The lowest BCUT2D eigenvalue weighted by molar-refractivity contribution is 0.300. The summed E-state index contributed by atoms with van der Waals surface area (Å²) < 4.78 is 21.3. The zero-order chi connectivity index (χ0) is 21.8. The molecule has 4 aromatic rings. The van der Waals surface area contributed by atoms with E-state index in [9.17, 15) is 4.39 Å². The molecule has 0 amide bonds. The number of nitrogens with zero attached hydrogens (tertiary/aromatic N) is 3. The standard InChI is InChI=1S/C22H15Cl2FN4OS/c23-17-10-14(11-18(24)20(17)30-13-16-8-4-5-9-19(16)25)12-26-29-21(27-28-22(29)31)15-6-2-1-3-7-15/h1-12H,13H2,(H,28,31)/b26-12-. The zero-order valence-corrected chi connectivity index (χ0v) is 18.3. The number of H-pyrrole nitrogens is 1. The molecule has 9 heteroatoms. The van der Waals surface area contributed by atoms with E-state index in [1.54, 1.807) is 36.5 Å². The number of nitrogens with one attached hydrogen (secondary N) is 1. The van der Waals surface area contributed by atoms with Gasteiger partial charge in [0, 0.05) is 11.1 Å². The number of ether oxygens (including phenoxy) is 1. The maximum Gasteiger partial charge on any atom is 0.216 e. The Balaban J connectivity index is 1.57. The Morgan fingerprint density at radius 3 is 2.45 bits per heavy atom. The second-order valence-electron chi connectivity index (χ2n) is 6.47. The summed E-state index contributed by atoms with van der Waals surface area (Å²) in [7, 11) is 0. The van der Waals surface area contributed by atoms with Crippen molar-refractivity contribution in [3.63, 3.8) is 0 Å². The van der Waals surface area contributed by atoms with E-state index in [1.165, 1.54) is 10.7 Å². The van der Waals surface area contributed by atoms with Gasteiger partial charge in [-0.05, 0) is 36.0 Å². The minimum Gasteiger partial charge on any atom is -0.486 e. The average molecular weight is 473 g/mol. The number of hydrogen-bond donors (Lipinski definition) is 1. The quantitative estimate of drug-likeness (QED) is 0.256. The van der Waals surface area contributed by atoms with Crippen molar-refractivity contribution in [3.8, 4) is 17.1 Å². The van der Waals surface area contributed by atoms with Crippen LogP contribution in [0.3, 0.4) is 0 Å². The van der Waals surface area contributed by atoms with Crippen molar-refractivity contribution >= 4 is 41.6 Å². The Morgan fingerprint density at radius 2 is 1.74 bits per heavy atom. The van der Waals surface area contributed by atoms with Gasteiger partial charge in [0.25, 0.3) is 0 Å². The van der Waals surface area contributed by atoms with Gasteiger partial charge in [-0.1, -0.05) is 71.7 Å². The molecule has 156 valence electrons. The first-order chi connectivity index (χ1) is 15.0. The highest BCUT2D eigenvalue weighted by atomic mass is 35.5. The monoisotopic (exact) mass is 472 g/mol. The first kappa shape index (κ1) is 21.2. The largest absolute Gasteiger partial charge is 0.486 e. The van der Waals surface area contributed by atoms with E-state index >= 15 is 0 Å². The summed E-state index contributed by atoms with van der Waals surface area (Å²) in [5.41, 5.74) is 1.90. The van der Waals surface area contributed by atoms with E-state index in [-0.39, 0.29) is 28.2 Å². The molecule has 0 aliphatic rings. The highest BCUT2D eigenvalue weighted by Gasteiger charge is 2.12. The van der Waals surface area contributed by atoms with Crippen LogP contribution in [0.2, 0.25) is 10.0 Å². The van der Waals surface area contributed by atoms with Crippen LogP contribution in [0.5, 0.6) is 5.75 Å². The SMILES string of the molecule is Fc1ccccc1COc1c(Cl)cc(/C=N\n2c(-c3ccccc3)n[nH]c2=S)cc1Cl. The third-order valence-corrected chi connectivity index (χ3v) is 5.18. The highest BCUT2D eigenvalue weighted by molar-refractivity contribution is 7.71. The first-order valence-corrected chi connectivity index (χ1v) is 10.3. The van der Waals surface area contributed by atoms with Gasteiger partial charge in [-0.2, -0.15) is 14.9 Å². The predicted molar refractivity (Wildman–Crippen MR) is 123 cm³/mol. The van der Waals surface area contributed by atoms with Gasteiger partial charge < -0.3 is 4.74 Å². The predicted octanol–water partition coefficient (Wildman–Crippen LogP) is 6.51. The van der Waals surface area contributed by atoms with Gasteiger partial charge in [-0.15, -0.1) is 0 Å². The Morgan fingerprint density at radius 1 is 1.06 bits per heavy atom. The van der Waals surface area contributed by atoms with Gasteiger partial charge in [0.2, 0.25) is 4.77 Å². The fraction of sp³-hybridized carbons (Fsp3) is 0.0455. The van der Waals surface area contributed by atoms with E-state index in [1.807, 2.05) is 30.3 Å². The number of halogens is 3. The molecule has 31 heavy (non-hydrogen) atoms. The lowest BCUT2D eigenvalue weighted by Crippen LogP contribution is -2.00. The van der Waals surface area contributed by atoms with Gasteiger partial charge in [-0.25, -0.2) is 9.49 Å². The zero-order valence-electron chi connectivity index (χ0n) is 15.9. The van der Waals surface area contributed by atoms with Gasteiger partial charge in [0.05, 0.1) is 16.3 Å². The Kier molecular flexibility index (Phi) is 6.46. The second-order valence-corrected chi connectivity index (χ2v) is 7.67. The van der Waals surface area contributed by atoms with Crippen LogP contribution < -0.4 is 4.74 Å². The lowest BCUT2D eigenvalue weighted by atomic mass is 10.2. The molecule has 0 fully saturated rings. The van der Waals surface area contributed by atoms with E-state index in [0.717, 1.165) is 5.56 Å². The van der Waals surface area contributed by atoms with Crippen molar-refractivity contribution in [1.29, 1.82) is 0 Å². The topological polar surface area (TPSA) is 55.2 Å². The summed E-state index contributed by atoms with van der Waals surface area (Å²) in [6, 6.07) is 19.2. The molecule has 0 atom stereocenters. The smallest absolute Gasteiger partial charge is 0.216 e. The molecule has 4 rings (SSSR count). The Hall–Kier alpha value is -3.00. The third kappa shape index (κ3) is 4.85. The normalized spacial score (nSPS) is 11.2. The van der Waals surface area contributed by atoms with Crippen LogP contribution in [-0.2, 0) is 6.61 Å². The number of aromatic nitrogens is 3. The summed E-state index contributed by atoms with van der Waals surface area (Å²) >= 11 is 18.0. The van der Waals surface area contributed by atoms with E-state index < -0.39 is 0 Å². The molecule has 0 spiro atoms. The average Bonchev–Trinajstić information content (AvgIpc) is 3.14. The molecule has 0 radical (unpaired) electrons. The van der Waals surface area contributed by atoms with E-state index in [2.05, 4.69) is 15.3 Å². The molecule has 0 bridgehead atoms. The highest BCUT2D eigenvalue weighted by Crippen LogP contribution is 2.34. The third-order valence-electron chi connectivity index (χ3n) is 4.36. The van der Waals surface area contributed by atoms with Gasteiger partial charge in [-0.3, -0.25) is 0 Å². The maximum absolute atomic E-state index is 13.8. The fourth-order valence-corrected chi connectivity index (χ4v) is 3.65. The summed E-state index contributed by atoms with van der Waals surface area (Å²) in [6.07, 6.45) is 1.57. The minimum absolute atomic E-state index is 0.00413. The maximum atomic E-state index is 13.8. The summed E-state index contributed by atoms with van der Waals surface area (Å²) in [4.78, 5) is 0.